The molecule has 0 spiro atoms. The predicted octanol–water partition coefficient (Wildman–Crippen LogP) is 7.31. The molecule has 5 rings (SSSR count). The summed E-state index contributed by atoms with van der Waals surface area (Å²) in [6.07, 6.45) is 8.43. The molecular formula is C37H59NO8. The predicted molar refractivity (Wildman–Crippen MR) is 173 cm³/mol. The van der Waals surface area contributed by atoms with Gasteiger partial charge in [-0.2, -0.15) is 0 Å². The van der Waals surface area contributed by atoms with Crippen LogP contribution in [0.5, 0.6) is 0 Å². The largest absolute Gasteiger partial charge is 0.481 e. The standard InChI is InChI=1S/C37H59NO8/c1-8-38-32(44)46-27-15-16-34(5)25(33(27,3)4)14-17-36(7)26(34)10-9-24-30-23(22(2)21-45-29(41)12-11-28(39)40)13-18-37(30,31(42)43)20-19-35(24,36)6/h22-27,30H,8-21H2,1-7H3,(H,38,44)(H,39,40)(H,42,43)/t22?,23-,24?,25?,26?,27+,30?,34-,35+,36+,37-/m0/s1. The van der Waals surface area contributed by atoms with Gasteiger partial charge in [-0.15, -0.1) is 0 Å². The summed E-state index contributed by atoms with van der Waals surface area (Å²) in [4.78, 5) is 48.8. The number of fused-ring (bicyclic) bond motifs is 7. The van der Waals surface area contributed by atoms with Crippen molar-refractivity contribution in [3.8, 4) is 0 Å². The Morgan fingerprint density at radius 1 is 0.826 bits per heavy atom. The van der Waals surface area contributed by atoms with E-state index >= 15 is 0 Å². The summed E-state index contributed by atoms with van der Waals surface area (Å²) in [6, 6.07) is 0. The fraction of sp³-hybridized carbons (Fsp3) is 0.892. The van der Waals surface area contributed by atoms with E-state index in [0.29, 0.717) is 31.2 Å². The number of carboxylic acids is 2. The minimum absolute atomic E-state index is 0.00196. The minimum Gasteiger partial charge on any atom is -0.481 e. The number of alkyl carbamates (subject to hydrolysis) is 1. The average Bonchev–Trinajstić information content (AvgIpc) is 3.38. The lowest BCUT2D eigenvalue weighted by Crippen LogP contribution is -2.67. The van der Waals surface area contributed by atoms with E-state index in [1.165, 1.54) is 0 Å². The van der Waals surface area contributed by atoms with Gasteiger partial charge in [0.25, 0.3) is 0 Å². The van der Waals surface area contributed by atoms with Crippen molar-refractivity contribution >= 4 is 24.0 Å². The molecular weight excluding hydrogens is 586 g/mol. The van der Waals surface area contributed by atoms with Crippen molar-refractivity contribution in [1.29, 1.82) is 0 Å². The topological polar surface area (TPSA) is 139 Å². The molecule has 9 heteroatoms. The molecule has 0 radical (unpaired) electrons. The molecule has 0 aliphatic heterocycles. The Hall–Kier alpha value is -2.32. The molecule has 0 saturated heterocycles. The lowest BCUT2D eigenvalue weighted by Gasteiger charge is -2.72. The number of amides is 1. The smallest absolute Gasteiger partial charge is 0.407 e. The van der Waals surface area contributed by atoms with Crippen molar-refractivity contribution in [2.75, 3.05) is 13.2 Å². The maximum atomic E-state index is 13.2. The third-order valence-corrected chi connectivity index (χ3v) is 15.2. The van der Waals surface area contributed by atoms with Crippen molar-refractivity contribution in [3.63, 3.8) is 0 Å². The van der Waals surface area contributed by atoms with Gasteiger partial charge >= 0.3 is 24.0 Å². The SMILES string of the molecule is CCNC(=O)O[C@@H]1CC[C@@]2(C)C(CC[C@]3(C)C2CCC2C4[C@H](C(C)COC(=O)CCC(=O)O)CC[C@]4(C(=O)O)CC[C@]23C)C1(C)C. The van der Waals surface area contributed by atoms with Gasteiger partial charge in [-0.3, -0.25) is 14.4 Å². The first kappa shape index (κ1) is 35.0. The number of carboxylic acid groups (broad SMARTS) is 2. The molecule has 5 aliphatic rings. The van der Waals surface area contributed by atoms with Gasteiger partial charge in [-0.05, 0) is 123 Å². The maximum absolute atomic E-state index is 13.2. The van der Waals surface area contributed by atoms with Crippen molar-refractivity contribution in [2.24, 2.45) is 62.6 Å². The number of nitrogens with one attached hydrogen (secondary N) is 1. The Morgan fingerprint density at radius 2 is 1.54 bits per heavy atom. The van der Waals surface area contributed by atoms with Crippen molar-refractivity contribution in [2.45, 2.75) is 132 Å². The van der Waals surface area contributed by atoms with Crippen LogP contribution < -0.4 is 5.32 Å². The van der Waals surface area contributed by atoms with Crippen LogP contribution in [-0.4, -0.2) is 53.5 Å². The van der Waals surface area contributed by atoms with Crippen LogP contribution >= 0.6 is 0 Å². The number of hydrogen-bond donors (Lipinski definition) is 3. The third kappa shape index (κ3) is 5.34. The number of carbonyl (C=O) groups excluding carboxylic acids is 2. The average molecular weight is 646 g/mol. The van der Waals surface area contributed by atoms with Crippen molar-refractivity contribution in [1.82, 2.24) is 5.32 Å². The van der Waals surface area contributed by atoms with Gasteiger partial charge in [0.2, 0.25) is 0 Å². The Morgan fingerprint density at radius 3 is 2.20 bits per heavy atom. The molecule has 0 heterocycles. The second kappa shape index (κ2) is 12.3. The van der Waals surface area contributed by atoms with E-state index < -0.39 is 23.3 Å². The first-order chi connectivity index (χ1) is 21.5. The first-order valence-electron chi connectivity index (χ1n) is 18.0. The fourth-order valence-electron chi connectivity index (χ4n) is 12.8. The summed E-state index contributed by atoms with van der Waals surface area (Å²) in [5.74, 6) is -0.801. The van der Waals surface area contributed by atoms with Crippen molar-refractivity contribution in [3.05, 3.63) is 0 Å². The molecule has 5 aliphatic carbocycles. The molecule has 5 unspecified atom stereocenters. The van der Waals surface area contributed by atoms with E-state index in [-0.39, 0.29) is 77.0 Å². The van der Waals surface area contributed by atoms with E-state index in [1.807, 2.05) is 6.92 Å². The van der Waals surface area contributed by atoms with E-state index in [2.05, 4.69) is 46.9 Å². The Kier molecular flexibility index (Phi) is 9.35. The summed E-state index contributed by atoms with van der Waals surface area (Å²) in [6.45, 7) is 16.9. The van der Waals surface area contributed by atoms with Gasteiger partial charge in [-0.25, -0.2) is 4.79 Å². The number of carbonyl (C=O) groups is 4. The fourth-order valence-corrected chi connectivity index (χ4v) is 12.8. The first-order valence-corrected chi connectivity index (χ1v) is 18.0. The van der Waals surface area contributed by atoms with Crippen LogP contribution in [0.2, 0.25) is 0 Å². The highest BCUT2D eigenvalue weighted by molar-refractivity contribution is 5.77. The molecule has 0 aromatic carbocycles. The molecule has 0 aromatic heterocycles. The molecule has 5 saturated carbocycles. The Labute approximate surface area is 275 Å². The van der Waals surface area contributed by atoms with Crippen LogP contribution in [0.1, 0.15) is 126 Å². The molecule has 11 atom stereocenters. The molecule has 5 fully saturated rings. The molecule has 9 nitrogen and oxygen atoms in total. The van der Waals surface area contributed by atoms with Crippen LogP contribution in [0.15, 0.2) is 0 Å². The summed E-state index contributed by atoms with van der Waals surface area (Å²) in [7, 11) is 0. The Bertz CT molecular complexity index is 1220. The molecule has 0 aromatic rings. The quantitative estimate of drug-likeness (QED) is 0.222. The van der Waals surface area contributed by atoms with Gasteiger partial charge in [0.05, 0.1) is 24.9 Å². The lowest BCUT2D eigenvalue weighted by atomic mass is 9.32. The number of hydrogen-bond acceptors (Lipinski definition) is 6. The molecule has 0 bridgehead atoms. The highest BCUT2D eigenvalue weighted by atomic mass is 16.6. The zero-order chi connectivity index (χ0) is 33.9. The zero-order valence-electron chi connectivity index (χ0n) is 29.3. The lowest BCUT2D eigenvalue weighted by molar-refractivity contribution is -0.249. The van der Waals surface area contributed by atoms with Crippen LogP contribution in [0.3, 0.4) is 0 Å². The summed E-state index contributed by atoms with van der Waals surface area (Å²) < 4.78 is 11.6. The van der Waals surface area contributed by atoms with E-state index in [1.54, 1.807) is 0 Å². The molecule has 3 N–H and O–H groups in total. The molecule has 1 amide bonds. The van der Waals surface area contributed by atoms with Crippen LogP contribution in [-0.2, 0) is 23.9 Å². The van der Waals surface area contributed by atoms with Gasteiger partial charge in [0.15, 0.2) is 0 Å². The number of ether oxygens (including phenoxy) is 2. The summed E-state index contributed by atoms with van der Waals surface area (Å²) >= 11 is 0. The monoisotopic (exact) mass is 645 g/mol. The van der Waals surface area contributed by atoms with Gasteiger partial charge in [0, 0.05) is 12.0 Å². The number of rotatable bonds is 9. The van der Waals surface area contributed by atoms with E-state index in [0.717, 1.165) is 51.4 Å². The van der Waals surface area contributed by atoms with Gasteiger partial charge in [0.1, 0.15) is 6.10 Å². The Balaban J connectivity index is 1.40. The number of esters is 1. The number of aliphatic carboxylic acids is 2. The minimum atomic E-state index is -1.02. The molecule has 260 valence electrons. The normalized spacial score (nSPS) is 43.1. The van der Waals surface area contributed by atoms with Crippen molar-refractivity contribution < 1.29 is 38.9 Å². The molecule has 46 heavy (non-hydrogen) atoms. The van der Waals surface area contributed by atoms with Gasteiger partial charge in [-0.1, -0.05) is 41.5 Å². The third-order valence-electron chi connectivity index (χ3n) is 15.2. The zero-order valence-corrected chi connectivity index (χ0v) is 29.3. The van der Waals surface area contributed by atoms with E-state index in [4.69, 9.17) is 14.6 Å². The van der Waals surface area contributed by atoms with Crippen LogP contribution in [0.25, 0.3) is 0 Å². The highest BCUT2D eigenvalue weighted by Crippen LogP contribution is 2.77. The highest BCUT2D eigenvalue weighted by Gasteiger charge is 2.72. The summed E-state index contributed by atoms with van der Waals surface area (Å²) in [5.41, 5.74) is -0.714. The summed E-state index contributed by atoms with van der Waals surface area (Å²) in [5, 5.41) is 22.6. The second-order valence-corrected chi connectivity index (χ2v) is 17.2. The van der Waals surface area contributed by atoms with E-state index in [9.17, 15) is 24.3 Å². The maximum Gasteiger partial charge on any atom is 0.407 e. The second-order valence-electron chi connectivity index (χ2n) is 17.2. The van der Waals surface area contributed by atoms with Crippen LogP contribution in [0.4, 0.5) is 4.79 Å². The van der Waals surface area contributed by atoms with Crippen LogP contribution in [0, 0.1) is 62.6 Å². The van der Waals surface area contributed by atoms with Gasteiger partial charge < -0.3 is 25.0 Å².